The number of amides is 2. The Labute approximate surface area is 178 Å². The fourth-order valence-electron chi connectivity index (χ4n) is 2.71. The van der Waals surface area contributed by atoms with Crippen LogP contribution in [-0.2, 0) is 16.2 Å². The van der Waals surface area contributed by atoms with Crippen molar-refractivity contribution >= 4 is 40.3 Å². The lowest BCUT2D eigenvalue weighted by Crippen LogP contribution is -2.25. The number of nitrogens with one attached hydrogen (secondary N) is 1. The summed E-state index contributed by atoms with van der Waals surface area (Å²) in [6.45, 7) is 3.11. The topological polar surface area (TPSA) is 80.2 Å². The van der Waals surface area contributed by atoms with E-state index in [0.29, 0.717) is 28.3 Å². The van der Waals surface area contributed by atoms with Crippen LogP contribution >= 0.6 is 23.4 Å². The van der Waals surface area contributed by atoms with E-state index in [4.69, 9.17) is 21.1 Å². The van der Waals surface area contributed by atoms with Crippen molar-refractivity contribution < 1.29 is 19.1 Å². The molecule has 152 valence electrons. The molecule has 0 spiro atoms. The number of thioether (sulfide) groups is 1. The van der Waals surface area contributed by atoms with Gasteiger partial charge in [-0.2, -0.15) is 0 Å². The summed E-state index contributed by atoms with van der Waals surface area (Å²) in [6, 6.07) is 12.9. The molecule has 0 radical (unpaired) electrons. The average Bonchev–Trinajstić information content (AvgIpc) is 3.10. The summed E-state index contributed by atoms with van der Waals surface area (Å²) in [7, 11) is 1.55. The van der Waals surface area contributed by atoms with E-state index < -0.39 is 5.37 Å². The number of hydrogen-bond acceptors (Lipinski definition) is 6. The van der Waals surface area contributed by atoms with Gasteiger partial charge in [-0.15, -0.1) is 5.10 Å². The van der Waals surface area contributed by atoms with Gasteiger partial charge in [-0.05, 0) is 23.8 Å². The fourth-order valence-corrected chi connectivity index (χ4v) is 4.02. The Kier molecular flexibility index (Phi) is 6.66. The van der Waals surface area contributed by atoms with Crippen molar-refractivity contribution in [3.8, 4) is 11.5 Å². The lowest BCUT2D eigenvalue weighted by Gasteiger charge is -2.20. The number of rotatable bonds is 5. The van der Waals surface area contributed by atoms with Crippen LogP contribution in [0.4, 0.5) is 0 Å². The summed E-state index contributed by atoms with van der Waals surface area (Å²) >= 11 is 7.45. The molecule has 0 saturated heterocycles. The molecule has 7 nitrogen and oxygen atoms in total. The molecular weight excluding hydrogens is 414 g/mol. The Morgan fingerprint density at radius 2 is 1.97 bits per heavy atom. The van der Waals surface area contributed by atoms with Gasteiger partial charge in [0.1, 0.15) is 12.0 Å². The van der Waals surface area contributed by atoms with Crippen LogP contribution in [-0.4, -0.2) is 29.1 Å². The second kappa shape index (κ2) is 9.19. The number of ether oxygens (including phenoxy) is 2. The van der Waals surface area contributed by atoms with Gasteiger partial charge in [0.15, 0.2) is 16.7 Å². The minimum Gasteiger partial charge on any atom is -0.493 e. The molecule has 1 aliphatic heterocycles. The van der Waals surface area contributed by atoms with Crippen molar-refractivity contribution in [3.63, 3.8) is 0 Å². The molecule has 2 amide bonds. The van der Waals surface area contributed by atoms with E-state index in [2.05, 4.69) is 10.4 Å². The van der Waals surface area contributed by atoms with Gasteiger partial charge in [0.25, 0.3) is 0 Å². The number of methoxy groups -OCH3 is 1. The number of carbonyl (C=O) groups is 2. The van der Waals surface area contributed by atoms with Crippen LogP contribution < -0.4 is 14.8 Å². The number of carbonyl (C=O) groups excluding carboxylic acids is 2. The number of hydrogen-bond donors (Lipinski definition) is 1. The highest BCUT2D eigenvalue weighted by atomic mass is 35.5. The van der Waals surface area contributed by atoms with Crippen LogP contribution in [0.25, 0.3) is 0 Å². The van der Waals surface area contributed by atoms with E-state index in [1.54, 1.807) is 25.3 Å². The maximum Gasteiger partial charge on any atom is 0.241 e. The molecule has 1 heterocycles. The fraction of sp³-hybridized carbons (Fsp3) is 0.250. The molecule has 2 aromatic carbocycles. The first-order valence-corrected chi connectivity index (χ1v) is 10.0. The van der Waals surface area contributed by atoms with E-state index in [-0.39, 0.29) is 11.8 Å². The maximum atomic E-state index is 12.0. The van der Waals surface area contributed by atoms with Gasteiger partial charge < -0.3 is 14.8 Å². The van der Waals surface area contributed by atoms with Gasteiger partial charge >= 0.3 is 0 Å². The highest BCUT2D eigenvalue weighted by molar-refractivity contribution is 8.14. The van der Waals surface area contributed by atoms with E-state index in [1.165, 1.54) is 30.6 Å². The normalized spacial score (nSPS) is 15.7. The standard InChI is InChI=1S/C20H20ClN3O4S/c1-12(25)22-20-23-24(13(2)26)19(29-20)14-8-9-17(18(10-14)27-3)28-11-15-6-4-5-7-16(15)21/h4-10,19H,11H2,1-3H3,(H,22,23,25)/t19-/m0/s1. The summed E-state index contributed by atoms with van der Waals surface area (Å²) in [5.74, 6) is 0.588. The van der Waals surface area contributed by atoms with Crippen molar-refractivity contribution in [2.24, 2.45) is 5.10 Å². The highest BCUT2D eigenvalue weighted by Gasteiger charge is 2.32. The van der Waals surface area contributed by atoms with Gasteiger partial charge in [-0.3, -0.25) is 9.59 Å². The molecule has 1 aliphatic rings. The Bertz CT molecular complexity index is 966. The predicted octanol–water partition coefficient (Wildman–Crippen LogP) is 3.93. The van der Waals surface area contributed by atoms with Gasteiger partial charge in [0.2, 0.25) is 11.8 Å². The van der Waals surface area contributed by atoms with Crippen molar-refractivity contribution in [2.75, 3.05) is 7.11 Å². The Morgan fingerprint density at radius 3 is 2.62 bits per heavy atom. The SMILES string of the molecule is COc1cc([C@@H]2SC(NC(C)=O)=NN2C(C)=O)ccc1OCc1ccccc1Cl. The van der Waals surface area contributed by atoms with Crippen LogP contribution in [0.3, 0.4) is 0 Å². The summed E-state index contributed by atoms with van der Waals surface area (Å²) in [5.41, 5.74) is 1.65. The first-order valence-electron chi connectivity index (χ1n) is 8.76. The number of amidine groups is 1. The molecule has 0 saturated carbocycles. The summed E-state index contributed by atoms with van der Waals surface area (Å²) < 4.78 is 11.4. The van der Waals surface area contributed by atoms with Crippen molar-refractivity contribution in [3.05, 3.63) is 58.6 Å². The van der Waals surface area contributed by atoms with E-state index >= 15 is 0 Å². The second-order valence-corrected chi connectivity index (χ2v) is 7.69. The quantitative estimate of drug-likeness (QED) is 0.772. The smallest absolute Gasteiger partial charge is 0.241 e. The molecule has 3 rings (SSSR count). The van der Waals surface area contributed by atoms with Gasteiger partial charge in [0.05, 0.1) is 7.11 Å². The molecule has 1 atom stereocenters. The lowest BCUT2D eigenvalue weighted by atomic mass is 10.2. The molecule has 9 heteroatoms. The molecule has 1 N–H and O–H groups in total. The molecule has 0 fully saturated rings. The largest absolute Gasteiger partial charge is 0.493 e. The van der Waals surface area contributed by atoms with Crippen LogP contribution in [0.15, 0.2) is 47.6 Å². The summed E-state index contributed by atoms with van der Waals surface area (Å²) in [4.78, 5) is 23.3. The number of nitrogens with zero attached hydrogens (tertiary/aromatic N) is 2. The lowest BCUT2D eigenvalue weighted by molar-refractivity contribution is -0.129. The Hall–Kier alpha value is -2.71. The molecule has 2 aromatic rings. The number of benzene rings is 2. The van der Waals surface area contributed by atoms with Crippen LogP contribution in [0.1, 0.15) is 30.3 Å². The van der Waals surface area contributed by atoms with Crippen LogP contribution in [0, 0.1) is 0 Å². The third-order valence-corrected chi connectivity index (χ3v) is 5.53. The molecule has 0 aromatic heterocycles. The monoisotopic (exact) mass is 433 g/mol. The first kappa shape index (κ1) is 21.0. The Balaban J connectivity index is 1.80. The van der Waals surface area contributed by atoms with Gasteiger partial charge in [-0.25, -0.2) is 5.01 Å². The third kappa shape index (κ3) is 5.02. The van der Waals surface area contributed by atoms with Crippen LogP contribution in [0.2, 0.25) is 5.02 Å². The predicted molar refractivity (Wildman–Crippen MR) is 113 cm³/mol. The second-order valence-electron chi connectivity index (χ2n) is 6.21. The zero-order chi connectivity index (χ0) is 21.0. The molecule has 0 bridgehead atoms. The van der Waals surface area contributed by atoms with Crippen molar-refractivity contribution in [1.82, 2.24) is 10.3 Å². The maximum absolute atomic E-state index is 12.0. The van der Waals surface area contributed by atoms with E-state index in [1.807, 2.05) is 24.3 Å². The molecule has 0 aliphatic carbocycles. The van der Waals surface area contributed by atoms with E-state index in [9.17, 15) is 9.59 Å². The molecule has 29 heavy (non-hydrogen) atoms. The number of halogens is 1. The third-order valence-electron chi connectivity index (χ3n) is 4.06. The molecule has 0 unspecified atom stereocenters. The zero-order valence-electron chi connectivity index (χ0n) is 16.1. The average molecular weight is 434 g/mol. The van der Waals surface area contributed by atoms with E-state index in [0.717, 1.165) is 11.1 Å². The molecular formula is C20H20ClN3O4S. The highest BCUT2D eigenvalue weighted by Crippen LogP contribution is 2.41. The van der Waals surface area contributed by atoms with Gasteiger partial charge in [0, 0.05) is 24.4 Å². The van der Waals surface area contributed by atoms with Gasteiger partial charge in [-0.1, -0.05) is 47.6 Å². The summed E-state index contributed by atoms with van der Waals surface area (Å²) in [6.07, 6.45) is 0. The minimum absolute atomic E-state index is 0.235. The van der Waals surface area contributed by atoms with Crippen LogP contribution in [0.5, 0.6) is 11.5 Å². The number of hydrazone groups is 1. The van der Waals surface area contributed by atoms with Crippen molar-refractivity contribution in [2.45, 2.75) is 25.8 Å². The summed E-state index contributed by atoms with van der Waals surface area (Å²) in [5, 5.41) is 8.73. The van der Waals surface area contributed by atoms with Crippen molar-refractivity contribution in [1.29, 1.82) is 0 Å². The first-order chi connectivity index (χ1) is 13.9. The zero-order valence-corrected chi connectivity index (χ0v) is 17.7. The Morgan fingerprint density at radius 1 is 1.21 bits per heavy atom. The minimum atomic E-state index is -0.416.